The lowest BCUT2D eigenvalue weighted by atomic mass is 10.1. The van der Waals surface area contributed by atoms with Crippen molar-refractivity contribution >= 4 is 11.6 Å². The second-order valence-electron chi connectivity index (χ2n) is 3.68. The Hall–Kier alpha value is -1.55. The van der Waals surface area contributed by atoms with Crippen LogP contribution in [0, 0.1) is 0 Å². The van der Waals surface area contributed by atoms with Gasteiger partial charge in [0.25, 0.3) is 5.91 Å². The molecule has 4 heteroatoms. The number of carbonyl (C=O) groups excluding carboxylic acids is 1. The molecule has 0 spiro atoms. The summed E-state index contributed by atoms with van der Waals surface area (Å²) in [4.78, 5) is 13.6. The van der Waals surface area contributed by atoms with Gasteiger partial charge in [-0.2, -0.15) is 0 Å². The average molecular weight is 206 g/mol. The number of rotatable bonds is 2. The molecule has 0 aromatic heterocycles. The van der Waals surface area contributed by atoms with Crippen molar-refractivity contribution in [1.29, 1.82) is 0 Å². The third-order valence-electron chi connectivity index (χ3n) is 2.74. The summed E-state index contributed by atoms with van der Waals surface area (Å²) in [5.41, 5.74) is 8.06. The molecule has 0 fully saturated rings. The van der Waals surface area contributed by atoms with Crippen LogP contribution in [-0.2, 0) is 11.3 Å². The average Bonchev–Trinajstić information content (AvgIpc) is 2.54. The Labute approximate surface area is 88.6 Å². The maximum absolute atomic E-state index is 11.9. The highest BCUT2D eigenvalue weighted by molar-refractivity contribution is 5.98. The summed E-state index contributed by atoms with van der Waals surface area (Å²) >= 11 is 0. The molecule has 1 aliphatic heterocycles. The van der Waals surface area contributed by atoms with E-state index in [0.29, 0.717) is 12.2 Å². The quantitative estimate of drug-likeness (QED) is 0.740. The summed E-state index contributed by atoms with van der Waals surface area (Å²) in [5.74, 6) is 0.0133. The number of carbonyl (C=O) groups is 1. The zero-order valence-electron chi connectivity index (χ0n) is 8.86. The van der Waals surface area contributed by atoms with Crippen LogP contribution in [-0.4, -0.2) is 24.1 Å². The Morgan fingerprint density at radius 3 is 2.93 bits per heavy atom. The molecule has 2 N–H and O–H groups in total. The van der Waals surface area contributed by atoms with Crippen LogP contribution >= 0.6 is 0 Å². The first-order chi connectivity index (χ1) is 7.13. The van der Waals surface area contributed by atoms with E-state index in [1.807, 2.05) is 13.0 Å². The Morgan fingerprint density at radius 2 is 2.27 bits per heavy atom. The lowest BCUT2D eigenvalue weighted by molar-refractivity contribution is -0.00865. The molecule has 0 aliphatic carbocycles. The molecule has 1 atom stereocenters. The number of anilines is 1. The van der Waals surface area contributed by atoms with E-state index in [1.165, 1.54) is 0 Å². The second-order valence-corrected chi connectivity index (χ2v) is 3.68. The van der Waals surface area contributed by atoms with E-state index < -0.39 is 0 Å². The lowest BCUT2D eigenvalue weighted by Gasteiger charge is -2.22. The van der Waals surface area contributed by atoms with Crippen LogP contribution in [0.3, 0.4) is 0 Å². The van der Waals surface area contributed by atoms with Gasteiger partial charge in [0, 0.05) is 24.9 Å². The smallest absolute Gasteiger partial charge is 0.256 e. The Balaban J connectivity index is 2.33. The van der Waals surface area contributed by atoms with E-state index in [9.17, 15) is 4.79 Å². The van der Waals surface area contributed by atoms with Crippen molar-refractivity contribution in [3.8, 4) is 0 Å². The van der Waals surface area contributed by atoms with Crippen molar-refractivity contribution in [3.05, 3.63) is 29.3 Å². The molecule has 1 unspecified atom stereocenters. The monoisotopic (exact) mass is 206 g/mol. The van der Waals surface area contributed by atoms with E-state index in [4.69, 9.17) is 10.5 Å². The first-order valence-electron chi connectivity index (χ1n) is 4.85. The predicted molar refractivity (Wildman–Crippen MR) is 57.2 cm³/mol. The summed E-state index contributed by atoms with van der Waals surface area (Å²) in [7, 11) is 1.59. The Bertz CT molecular complexity index is 404. The minimum atomic E-state index is -0.203. The van der Waals surface area contributed by atoms with Crippen molar-refractivity contribution in [2.24, 2.45) is 0 Å². The van der Waals surface area contributed by atoms with Gasteiger partial charge in [-0.1, -0.05) is 0 Å². The van der Waals surface area contributed by atoms with Gasteiger partial charge in [-0.25, -0.2) is 0 Å². The molecule has 0 saturated heterocycles. The Morgan fingerprint density at radius 1 is 1.53 bits per heavy atom. The molecule has 1 amide bonds. The highest BCUT2D eigenvalue weighted by Crippen LogP contribution is 2.26. The summed E-state index contributed by atoms with van der Waals surface area (Å²) < 4.78 is 5.14. The van der Waals surface area contributed by atoms with Crippen LogP contribution in [0.15, 0.2) is 18.2 Å². The lowest BCUT2D eigenvalue weighted by Crippen LogP contribution is -2.34. The molecule has 15 heavy (non-hydrogen) atoms. The molecular formula is C11H14N2O2. The molecule has 1 aromatic carbocycles. The van der Waals surface area contributed by atoms with Gasteiger partial charge < -0.3 is 15.4 Å². The number of hydrogen-bond acceptors (Lipinski definition) is 3. The normalized spacial score (nSPS) is 16.7. The van der Waals surface area contributed by atoms with Gasteiger partial charge >= 0.3 is 0 Å². The molecule has 2 rings (SSSR count). The summed E-state index contributed by atoms with van der Waals surface area (Å²) in [6, 6.07) is 5.36. The number of methoxy groups -OCH3 is 1. The van der Waals surface area contributed by atoms with Gasteiger partial charge in [-0.15, -0.1) is 0 Å². The van der Waals surface area contributed by atoms with Gasteiger partial charge in [0.15, 0.2) is 0 Å². The Kier molecular flexibility index (Phi) is 2.36. The molecule has 1 heterocycles. The third-order valence-corrected chi connectivity index (χ3v) is 2.74. The molecule has 80 valence electrons. The van der Waals surface area contributed by atoms with Crippen LogP contribution in [0.4, 0.5) is 5.69 Å². The van der Waals surface area contributed by atoms with Crippen molar-refractivity contribution in [2.75, 3.05) is 12.8 Å². The first-order valence-corrected chi connectivity index (χ1v) is 4.85. The molecule has 4 nitrogen and oxygen atoms in total. The van der Waals surface area contributed by atoms with Gasteiger partial charge in [0.2, 0.25) is 0 Å². The summed E-state index contributed by atoms with van der Waals surface area (Å²) in [6.07, 6.45) is -0.203. The highest BCUT2D eigenvalue weighted by atomic mass is 16.5. The van der Waals surface area contributed by atoms with Crippen LogP contribution in [0.2, 0.25) is 0 Å². The second kappa shape index (κ2) is 3.55. The largest absolute Gasteiger partial charge is 0.399 e. The number of ether oxygens (including phenoxy) is 1. The van der Waals surface area contributed by atoms with Crippen molar-refractivity contribution < 1.29 is 9.53 Å². The van der Waals surface area contributed by atoms with Gasteiger partial charge in [0.1, 0.15) is 6.23 Å². The number of nitrogens with zero attached hydrogens (tertiary/aromatic N) is 1. The molecule has 0 radical (unpaired) electrons. The van der Waals surface area contributed by atoms with E-state index >= 15 is 0 Å². The van der Waals surface area contributed by atoms with E-state index in [-0.39, 0.29) is 12.1 Å². The van der Waals surface area contributed by atoms with E-state index in [1.54, 1.807) is 24.1 Å². The number of benzene rings is 1. The highest BCUT2D eigenvalue weighted by Gasteiger charge is 2.30. The summed E-state index contributed by atoms with van der Waals surface area (Å²) in [5, 5.41) is 0. The van der Waals surface area contributed by atoms with Crippen molar-refractivity contribution in [2.45, 2.75) is 19.7 Å². The van der Waals surface area contributed by atoms with Gasteiger partial charge in [-0.3, -0.25) is 4.79 Å². The minimum Gasteiger partial charge on any atom is -0.399 e. The topological polar surface area (TPSA) is 55.6 Å². The van der Waals surface area contributed by atoms with Crippen LogP contribution in [0.25, 0.3) is 0 Å². The fraction of sp³-hybridized carbons (Fsp3) is 0.364. The van der Waals surface area contributed by atoms with Crippen LogP contribution < -0.4 is 5.73 Å². The van der Waals surface area contributed by atoms with Crippen molar-refractivity contribution in [3.63, 3.8) is 0 Å². The fourth-order valence-electron chi connectivity index (χ4n) is 1.78. The zero-order chi connectivity index (χ0) is 11.0. The number of fused-ring (bicyclic) bond motifs is 1. The summed E-state index contributed by atoms with van der Waals surface area (Å²) in [6.45, 7) is 2.43. The standard InChI is InChI=1S/C11H14N2O2/c1-7(15-2)13-6-8-5-9(12)3-4-10(8)11(13)14/h3-5,7H,6,12H2,1-2H3. The van der Waals surface area contributed by atoms with Crippen LogP contribution in [0.1, 0.15) is 22.8 Å². The number of nitrogen functional groups attached to an aromatic ring is 1. The predicted octanol–water partition coefficient (Wildman–Crippen LogP) is 1.22. The number of amides is 1. The molecule has 0 saturated carbocycles. The van der Waals surface area contributed by atoms with Crippen LogP contribution in [0.5, 0.6) is 0 Å². The first kappa shape index (κ1) is 9.98. The maximum Gasteiger partial charge on any atom is 0.256 e. The third kappa shape index (κ3) is 1.57. The number of hydrogen-bond donors (Lipinski definition) is 1. The maximum atomic E-state index is 11.9. The van der Waals surface area contributed by atoms with E-state index in [2.05, 4.69) is 0 Å². The fourth-order valence-corrected chi connectivity index (χ4v) is 1.78. The molecule has 1 aromatic rings. The zero-order valence-corrected chi connectivity index (χ0v) is 8.86. The van der Waals surface area contributed by atoms with E-state index in [0.717, 1.165) is 11.1 Å². The minimum absolute atomic E-state index is 0.0133. The SMILES string of the molecule is COC(C)N1Cc2cc(N)ccc2C1=O. The molecular weight excluding hydrogens is 192 g/mol. The van der Waals surface area contributed by atoms with Gasteiger partial charge in [0.05, 0.1) is 0 Å². The van der Waals surface area contributed by atoms with Gasteiger partial charge in [-0.05, 0) is 30.7 Å². The molecule has 0 bridgehead atoms. The van der Waals surface area contributed by atoms with Crippen molar-refractivity contribution in [1.82, 2.24) is 4.90 Å². The molecule has 1 aliphatic rings. The number of nitrogens with two attached hydrogens (primary N) is 1.